The van der Waals surface area contributed by atoms with Gasteiger partial charge < -0.3 is 4.79 Å². The molecule has 0 N–H and O–H groups in total. The van der Waals surface area contributed by atoms with E-state index < -0.39 is 0 Å². The van der Waals surface area contributed by atoms with Gasteiger partial charge in [0.15, 0.2) is 0 Å². The largest absolute Gasteiger partial charge is 0.303 e. The predicted octanol–water partition coefficient (Wildman–Crippen LogP) is 5.70. The molecule has 1 fully saturated rings. The maximum Gasteiger partial charge on any atom is 0.120 e. The number of carbonyl (C=O) groups excluding carboxylic acids is 1. The summed E-state index contributed by atoms with van der Waals surface area (Å²) in [7, 11) is 0. The summed E-state index contributed by atoms with van der Waals surface area (Å²) in [4.78, 5) is 10.7. The highest BCUT2D eigenvalue weighted by atomic mass is 16.1. The van der Waals surface area contributed by atoms with E-state index in [1.165, 1.54) is 36.8 Å². The molecular weight excluding hydrogens is 256 g/mol. The van der Waals surface area contributed by atoms with E-state index in [1.807, 2.05) is 0 Å². The van der Waals surface area contributed by atoms with E-state index in [4.69, 9.17) is 0 Å². The van der Waals surface area contributed by atoms with Crippen LogP contribution >= 0.6 is 0 Å². The van der Waals surface area contributed by atoms with Crippen LogP contribution in [-0.2, 0) is 4.79 Å². The number of hydrogen-bond donors (Lipinski definition) is 0. The quantitative estimate of drug-likeness (QED) is 0.649. The number of benzene rings is 1. The summed E-state index contributed by atoms with van der Waals surface area (Å²) in [5, 5.41) is 0. The summed E-state index contributed by atoms with van der Waals surface area (Å²) >= 11 is 0. The minimum Gasteiger partial charge on any atom is -0.303 e. The van der Waals surface area contributed by atoms with Crippen molar-refractivity contribution in [2.75, 3.05) is 0 Å². The lowest BCUT2D eigenvalue weighted by Gasteiger charge is -2.37. The fraction of sp³-hybridized carbons (Fsp3) is 0.650. The Kier molecular flexibility index (Phi) is 5.24. The van der Waals surface area contributed by atoms with Gasteiger partial charge in [0.2, 0.25) is 0 Å². The summed E-state index contributed by atoms with van der Waals surface area (Å²) in [5.41, 5.74) is 3.25. The molecule has 0 bridgehead atoms. The minimum absolute atomic E-state index is 0.341. The maximum atomic E-state index is 10.7. The van der Waals surface area contributed by atoms with Crippen molar-refractivity contribution < 1.29 is 4.79 Å². The van der Waals surface area contributed by atoms with E-state index in [1.54, 1.807) is 0 Å². The molecule has 0 aliphatic heterocycles. The monoisotopic (exact) mass is 286 g/mol. The molecule has 0 spiro atoms. The Morgan fingerprint density at radius 3 is 2.43 bits per heavy atom. The first-order valence-corrected chi connectivity index (χ1v) is 8.45. The summed E-state index contributed by atoms with van der Waals surface area (Å²) in [6.45, 7) is 9.27. The number of carbonyl (C=O) groups is 1. The van der Waals surface area contributed by atoms with E-state index in [9.17, 15) is 4.79 Å². The molecule has 0 saturated heterocycles. The van der Waals surface area contributed by atoms with Crippen LogP contribution in [-0.4, -0.2) is 6.29 Å². The Hall–Kier alpha value is -1.11. The van der Waals surface area contributed by atoms with Crippen LogP contribution in [0.1, 0.15) is 82.8 Å². The second-order valence-electron chi connectivity index (χ2n) is 7.89. The Bertz CT molecular complexity index is 461. The van der Waals surface area contributed by atoms with Crippen molar-refractivity contribution in [2.24, 2.45) is 11.3 Å². The third-order valence-corrected chi connectivity index (χ3v) is 5.35. The third-order valence-electron chi connectivity index (χ3n) is 5.35. The van der Waals surface area contributed by atoms with Gasteiger partial charge in [0, 0.05) is 6.42 Å². The van der Waals surface area contributed by atoms with Gasteiger partial charge in [0.25, 0.3) is 0 Å². The fourth-order valence-electron chi connectivity index (χ4n) is 3.69. The summed E-state index contributed by atoms with van der Waals surface area (Å²) in [6.07, 6.45) is 6.98. The molecule has 1 saturated carbocycles. The molecule has 1 atom stereocenters. The Labute approximate surface area is 130 Å². The topological polar surface area (TPSA) is 17.1 Å². The molecule has 1 heteroatoms. The third kappa shape index (κ3) is 4.18. The first-order chi connectivity index (χ1) is 9.91. The standard InChI is InChI=1S/C20H30O/c1-15(12-13-21)17-6-5-7-18(14-17)16-8-10-19(11-9-16)20(2,3)4/h5-7,13-16,19H,8-12H2,1-4H3. The molecule has 1 aliphatic carbocycles. The predicted molar refractivity (Wildman–Crippen MR) is 89.7 cm³/mol. The number of hydrogen-bond acceptors (Lipinski definition) is 1. The Morgan fingerprint density at radius 1 is 1.19 bits per heavy atom. The van der Waals surface area contributed by atoms with Crippen LogP contribution < -0.4 is 0 Å². The first-order valence-electron chi connectivity index (χ1n) is 8.45. The number of rotatable bonds is 4. The summed E-state index contributed by atoms with van der Waals surface area (Å²) in [6, 6.07) is 8.95. The van der Waals surface area contributed by atoms with Crippen molar-refractivity contribution in [1.82, 2.24) is 0 Å². The highest BCUT2D eigenvalue weighted by molar-refractivity contribution is 5.51. The first kappa shape index (κ1) is 16.3. The van der Waals surface area contributed by atoms with E-state index >= 15 is 0 Å². The normalized spacial score (nSPS) is 24.6. The van der Waals surface area contributed by atoms with Crippen LogP contribution in [0.2, 0.25) is 0 Å². The zero-order valence-corrected chi connectivity index (χ0v) is 14.1. The zero-order valence-electron chi connectivity index (χ0n) is 14.1. The van der Waals surface area contributed by atoms with Crippen molar-refractivity contribution in [3.8, 4) is 0 Å². The molecular formula is C20H30O. The lowest BCUT2D eigenvalue weighted by molar-refractivity contribution is -0.108. The molecule has 0 radical (unpaired) electrons. The molecule has 1 unspecified atom stereocenters. The molecule has 2 rings (SSSR count). The molecule has 0 heterocycles. The maximum absolute atomic E-state index is 10.7. The highest BCUT2D eigenvalue weighted by Crippen LogP contribution is 2.43. The van der Waals surface area contributed by atoms with E-state index in [0.717, 1.165) is 12.2 Å². The van der Waals surface area contributed by atoms with Crippen molar-refractivity contribution in [3.63, 3.8) is 0 Å². The van der Waals surface area contributed by atoms with Crippen LogP contribution in [0.4, 0.5) is 0 Å². The van der Waals surface area contributed by atoms with Gasteiger partial charge in [-0.15, -0.1) is 0 Å². The molecule has 1 aromatic rings. The molecule has 1 nitrogen and oxygen atoms in total. The lowest BCUT2D eigenvalue weighted by atomic mass is 9.68. The van der Waals surface area contributed by atoms with Crippen LogP contribution in [0, 0.1) is 11.3 Å². The van der Waals surface area contributed by atoms with E-state index in [0.29, 0.717) is 23.7 Å². The van der Waals surface area contributed by atoms with Gasteiger partial charge >= 0.3 is 0 Å². The van der Waals surface area contributed by atoms with Crippen molar-refractivity contribution in [1.29, 1.82) is 0 Å². The van der Waals surface area contributed by atoms with Crippen LogP contribution in [0.25, 0.3) is 0 Å². The molecule has 1 aromatic carbocycles. The van der Waals surface area contributed by atoms with Gasteiger partial charge in [-0.2, -0.15) is 0 Å². The molecule has 0 aromatic heterocycles. The van der Waals surface area contributed by atoms with Crippen LogP contribution in [0.5, 0.6) is 0 Å². The lowest BCUT2D eigenvalue weighted by Crippen LogP contribution is -2.25. The van der Waals surface area contributed by atoms with Gasteiger partial charge in [-0.1, -0.05) is 52.0 Å². The Balaban J connectivity index is 2.03. The fourth-order valence-corrected chi connectivity index (χ4v) is 3.69. The SMILES string of the molecule is CC(CC=O)c1cccc(C2CCC(C(C)(C)C)CC2)c1. The number of aldehydes is 1. The summed E-state index contributed by atoms with van der Waals surface area (Å²) in [5.74, 6) is 1.92. The van der Waals surface area contributed by atoms with Crippen molar-refractivity contribution >= 4 is 6.29 Å². The van der Waals surface area contributed by atoms with Crippen molar-refractivity contribution in [3.05, 3.63) is 35.4 Å². The molecule has 0 amide bonds. The average Bonchev–Trinajstić information content (AvgIpc) is 2.47. The van der Waals surface area contributed by atoms with Gasteiger partial charge in [-0.05, 0) is 60.0 Å². The van der Waals surface area contributed by atoms with Crippen LogP contribution in [0.3, 0.4) is 0 Å². The second kappa shape index (κ2) is 6.77. The molecule has 116 valence electrons. The second-order valence-corrected chi connectivity index (χ2v) is 7.89. The highest BCUT2D eigenvalue weighted by Gasteiger charge is 2.30. The smallest absolute Gasteiger partial charge is 0.120 e. The Morgan fingerprint density at radius 2 is 1.86 bits per heavy atom. The van der Waals surface area contributed by atoms with Gasteiger partial charge in [0.1, 0.15) is 6.29 Å². The molecule has 21 heavy (non-hydrogen) atoms. The van der Waals surface area contributed by atoms with Crippen molar-refractivity contribution in [2.45, 2.75) is 71.6 Å². The van der Waals surface area contributed by atoms with E-state index in [2.05, 4.69) is 52.0 Å². The van der Waals surface area contributed by atoms with Crippen LogP contribution in [0.15, 0.2) is 24.3 Å². The molecule has 1 aliphatic rings. The zero-order chi connectivity index (χ0) is 15.5. The average molecular weight is 286 g/mol. The van der Waals surface area contributed by atoms with E-state index in [-0.39, 0.29) is 0 Å². The summed E-state index contributed by atoms with van der Waals surface area (Å²) < 4.78 is 0. The minimum atomic E-state index is 0.341. The van der Waals surface area contributed by atoms with Gasteiger partial charge in [-0.3, -0.25) is 0 Å². The van der Waals surface area contributed by atoms with Gasteiger partial charge in [0.05, 0.1) is 0 Å². The van der Waals surface area contributed by atoms with Gasteiger partial charge in [-0.25, -0.2) is 0 Å².